The highest BCUT2D eigenvalue weighted by atomic mass is 35.5. The molecule has 4 aromatic rings. The van der Waals surface area contributed by atoms with E-state index < -0.39 is 0 Å². The van der Waals surface area contributed by atoms with Gasteiger partial charge in [0, 0.05) is 60.1 Å². The summed E-state index contributed by atoms with van der Waals surface area (Å²) in [4.78, 5) is 38.1. The van der Waals surface area contributed by atoms with E-state index in [1.807, 2.05) is 49.4 Å². The molecule has 1 aliphatic heterocycles. The number of rotatable bonds is 3. The largest absolute Gasteiger partial charge is 0.335 e. The second-order valence-electron chi connectivity index (χ2n) is 8.35. The van der Waals surface area contributed by atoms with Crippen LogP contribution >= 0.6 is 11.6 Å². The van der Waals surface area contributed by atoms with Crippen LogP contribution in [0, 0.1) is 6.92 Å². The second kappa shape index (κ2) is 9.23. The number of pyridine rings is 2. The third kappa shape index (κ3) is 4.24. The highest BCUT2D eigenvalue weighted by Crippen LogP contribution is 2.30. The lowest BCUT2D eigenvalue weighted by molar-refractivity contribution is 0.0532. The summed E-state index contributed by atoms with van der Waals surface area (Å²) >= 11 is 5.98. The Bertz CT molecular complexity index is 1390. The minimum absolute atomic E-state index is 0.0290. The number of hydrogen-bond acceptors (Lipinski definition) is 4. The maximum atomic E-state index is 13.2. The van der Waals surface area contributed by atoms with E-state index in [2.05, 4.69) is 16.0 Å². The molecule has 2 amide bonds. The molecule has 5 rings (SSSR count). The average Bonchev–Trinajstić information content (AvgIpc) is 2.87. The van der Waals surface area contributed by atoms with Crippen LogP contribution in [0.2, 0.25) is 5.02 Å². The standard InChI is InChI=1S/C27H23ClN4O2/c1-18-16-20(7-8-22(18)23-6-2-4-19-5-3-10-30-25(19)23)26(33)31-12-14-32(15-13-31)27(34)24-17-21(28)9-11-29-24/h2-11,16-17H,12-15H2,1H3. The Balaban J connectivity index is 1.30. The Hall–Kier alpha value is -3.77. The third-order valence-corrected chi connectivity index (χ3v) is 6.43. The van der Waals surface area contributed by atoms with Crippen LogP contribution < -0.4 is 0 Å². The van der Waals surface area contributed by atoms with Gasteiger partial charge in [0.05, 0.1) is 5.52 Å². The van der Waals surface area contributed by atoms with Gasteiger partial charge in [0.1, 0.15) is 5.69 Å². The summed E-state index contributed by atoms with van der Waals surface area (Å²) in [6, 6.07) is 19.1. The van der Waals surface area contributed by atoms with Crippen molar-refractivity contribution in [3.05, 3.63) is 94.9 Å². The van der Waals surface area contributed by atoms with E-state index in [1.54, 1.807) is 28.1 Å². The van der Waals surface area contributed by atoms with Crippen molar-refractivity contribution in [2.45, 2.75) is 6.92 Å². The first-order chi connectivity index (χ1) is 16.5. The number of amides is 2. The first kappa shape index (κ1) is 22.0. The van der Waals surface area contributed by atoms with Crippen molar-refractivity contribution in [2.24, 2.45) is 0 Å². The van der Waals surface area contributed by atoms with Gasteiger partial charge in [-0.3, -0.25) is 19.6 Å². The summed E-state index contributed by atoms with van der Waals surface area (Å²) in [5.41, 5.74) is 5.04. The van der Waals surface area contributed by atoms with Crippen LogP contribution in [-0.4, -0.2) is 57.8 Å². The van der Waals surface area contributed by atoms with Gasteiger partial charge < -0.3 is 9.80 Å². The Morgan fingerprint density at radius 3 is 2.26 bits per heavy atom. The van der Waals surface area contributed by atoms with Gasteiger partial charge in [-0.1, -0.05) is 41.9 Å². The van der Waals surface area contributed by atoms with E-state index in [1.165, 1.54) is 6.20 Å². The number of aryl methyl sites for hydroxylation is 1. The van der Waals surface area contributed by atoms with Crippen molar-refractivity contribution in [1.29, 1.82) is 0 Å². The second-order valence-corrected chi connectivity index (χ2v) is 8.79. The van der Waals surface area contributed by atoms with Crippen LogP contribution in [0.3, 0.4) is 0 Å². The molecule has 3 heterocycles. The number of nitrogens with zero attached hydrogens (tertiary/aromatic N) is 4. The molecule has 1 fully saturated rings. The Labute approximate surface area is 202 Å². The summed E-state index contributed by atoms with van der Waals surface area (Å²) < 4.78 is 0. The highest BCUT2D eigenvalue weighted by Gasteiger charge is 2.26. The van der Waals surface area contributed by atoms with Crippen LogP contribution in [0.4, 0.5) is 0 Å². The number of halogens is 1. The van der Waals surface area contributed by atoms with E-state index in [9.17, 15) is 9.59 Å². The van der Waals surface area contributed by atoms with E-state index in [-0.39, 0.29) is 11.8 Å². The SMILES string of the molecule is Cc1cc(C(=O)N2CCN(C(=O)c3cc(Cl)ccn3)CC2)ccc1-c1cccc2cccnc12. The number of carbonyl (C=O) groups excluding carboxylic acids is 2. The zero-order valence-corrected chi connectivity index (χ0v) is 19.5. The maximum Gasteiger partial charge on any atom is 0.272 e. The smallest absolute Gasteiger partial charge is 0.272 e. The fourth-order valence-corrected chi connectivity index (χ4v) is 4.56. The van der Waals surface area contributed by atoms with E-state index >= 15 is 0 Å². The minimum atomic E-state index is -0.168. The average molecular weight is 471 g/mol. The van der Waals surface area contributed by atoms with Crippen molar-refractivity contribution >= 4 is 34.3 Å². The summed E-state index contributed by atoms with van der Waals surface area (Å²) in [5, 5.41) is 1.56. The maximum absolute atomic E-state index is 13.2. The Morgan fingerprint density at radius 2 is 1.53 bits per heavy atom. The molecular weight excluding hydrogens is 448 g/mol. The van der Waals surface area contributed by atoms with Crippen LogP contribution in [0.25, 0.3) is 22.0 Å². The molecule has 6 nitrogen and oxygen atoms in total. The van der Waals surface area contributed by atoms with E-state index in [0.29, 0.717) is 42.5 Å². The zero-order valence-electron chi connectivity index (χ0n) is 18.7. The number of piperazine rings is 1. The fraction of sp³-hybridized carbons (Fsp3) is 0.185. The fourth-order valence-electron chi connectivity index (χ4n) is 4.40. The molecule has 2 aromatic heterocycles. The Kier molecular flexibility index (Phi) is 5.99. The lowest BCUT2D eigenvalue weighted by atomic mass is 9.96. The molecule has 7 heteroatoms. The van der Waals surface area contributed by atoms with Crippen molar-refractivity contribution in [3.63, 3.8) is 0 Å². The van der Waals surface area contributed by atoms with Gasteiger partial charge >= 0.3 is 0 Å². The molecule has 0 spiro atoms. The number of fused-ring (bicyclic) bond motifs is 1. The molecular formula is C27H23ClN4O2. The summed E-state index contributed by atoms with van der Waals surface area (Å²) in [5.74, 6) is -0.197. The van der Waals surface area contributed by atoms with E-state index in [4.69, 9.17) is 11.6 Å². The van der Waals surface area contributed by atoms with Gasteiger partial charge in [0.25, 0.3) is 11.8 Å². The number of hydrogen-bond donors (Lipinski definition) is 0. The molecule has 1 aliphatic rings. The van der Waals surface area contributed by atoms with Crippen LogP contribution in [0.5, 0.6) is 0 Å². The lowest BCUT2D eigenvalue weighted by Gasteiger charge is -2.34. The van der Waals surface area contributed by atoms with E-state index in [0.717, 1.165) is 27.6 Å². The van der Waals surface area contributed by atoms with Gasteiger partial charge in [0.15, 0.2) is 0 Å². The van der Waals surface area contributed by atoms with Crippen molar-refractivity contribution in [2.75, 3.05) is 26.2 Å². The van der Waals surface area contributed by atoms with Gasteiger partial charge in [-0.25, -0.2) is 0 Å². The number of carbonyl (C=O) groups is 2. The predicted molar refractivity (Wildman–Crippen MR) is 133 cm³/mol. The number of benzene rings is 2. The Morgan fingerprint density at radius 1 is 0.794 bits per heavy atom. The molecule has 0 bridgehead atoms. The highest BCUT2D eigenvalue weighted by molar-refractivity contribution is 6.30. The van der Waals surface area contributed by atoms with Crippen molar-refractivity contribution in [1.82, 2.24) is 19.8 Å². The molecule has 0 saturated carbocycles. The van der Waals surface area contributed by atoms with Crippen molar-refractivity contribution < 1.29 is 9.59 Å². The molecule has 0 atom stereocenters. The normalized spacial score (nSPS) is 13.8. The van der Waals surface area contributed by atoms with Crippen molar-refractivity contribution in [3.8, 4) is 11.1 Å². The zero-order chi connectivity index (χ0) is 23.7. The van der Waals surface area contributed by atoms with Crippen LogP contribution in [0.15, 0.2) is 73.1 Å². The molecule has 0 aliphatic carbocycles. The van der Waals surface area contributed by atoms with Gasteiger partial charge in [-0.15, -0.1) is 0 Å². The lowest BCUT2D eigenvalue weighted by Crippen LogP contribution is -2.50. The first-order valence-electron chi connectivity index (χ1n) is 11.2. The quantitative estimate of drug-likeness (QED) is 0.429. The van der Waals surface area contributed by atoms with Gasteiger partial charge in [-0.05, 0) is 48.4 Å². The summed E-state index contributed by atoms with van der Waals surface area (Å²) in [6.45, 7) is 3.87. The summed E-state index contributed by atoms with van der Waals surface area (Å²) in [7, 11) is 0. The minimum Gasteiger partial charge on any atom is -0.335 e. The third-order valence-electron chi connectivity index (χ3n) is 6.19. The monoisotopic (exact) mass is 470 g/mol. The topological polar surface area (TPSA) is 66.4 Å². The molecule has 0 N–H and O–H groups in total. The molecule has 2 aromatic carbocycles. The predicted octanol–water partition coefficient (Wildman–Crippen LogP) is 4.86. The van der Waals surface area contributed by atoms with Gasteiger partial charge in [-0.2, -0.15) is 0 Å². The molecule has 34 heavy (non-hydrogen) atoms. The molecule has 0 radical (unpaired) electrons. The van der Waals surface area contributed by atoms with Gasteiger partial charge in [0.2, 0.25) is 0 Å². The molecule has 170 valence electrons. The van der Waals surface area contributed by atoms with Crippen LogP contribution in [0.1, 0.15) is 26.4 Å². The summed E-state index contributed by atoms with van der Waals surface area (Å²) in [6.07, 6.45) is 3.32. The number of para-hydroxylation sites is 1. The molecule has 0 unspecified atom stereocenters. The van der Waals surface area contributed by atoms with Crippen LogP contribution in [-0.2, 0) is 0 Å². The number of aromatic nitrogens is 2. The molecule has 1 saturated heterocycles. The first-order valence-corrected chi connectivity index (χ1v) is 11.5.